The molecule has 2 atom stereocenters. The fourth-order valence-electron chi connectivity index (χ4n) is 2.72. The van der Waals surface area contributed by atoms with Crippen LogP contribution >= 0.6 is 0 Å². The molecule has 21 heavy (non-hydrogen) atoms. The minimum atomic E-state index is -0.196. The maximum atomic E-state index is 12.8. The van der Waals surface area contributed by atoms with E-state index in [0.29, 0.717) is 19.8 Å². The molecular weight excluding hydrogens is 268 g/mol. The molecule has 116 valence electrons. The highest BCUT2D eigenvalue weighted by Gasteiger charge is 2.31. The highest BCUT2D eigenvalue weighted by atomic mass is 16.5. The van der Waals surface area contributed by atoms with Crippen LogP contribution in [-0.4, -0.2) is 56.9 Å². The van der Waals surface area contributed by atoms with Gasteiger partial charge in [0, 0.05) is 32.9 Å². The molecule has 1 aliphatic rings. The highest BCUT2D eigenvalue weighted by Crippen LogP contribution is 2.26. The van der Waals surface area contributed by atoms with E-state index < -0.39 is 0 Å². The van der Waals surface area contributed by atoms with Crippen LogP contribution in [0.2, 0.25) is 0 Å². The average molecular weight is 292 g/mol. The number of ether oxygens (including phenoxy) is 2. The number of carbonyl (C=O) groups is 1. The van der Waals surface area contributed by atoms with Crippen LogP contribution in [0, 0.1) is 0 Å². The monoisotopic (exact) mass is 292 g/mol. The van der Waals surface area contributed by atoms with Crippen molar-refractivity contribution >= 4 is 11.6 Å². The molecule has 0 saturated carbocycles. The zero-order valence-electron chi connectivity index (χ0n) is 13.0. The van der Waals surface area contributed by atoms with Gasteiger partial charge in [0.05, 0.1) is 19.3 Å². The molecule has 0 fully saturated rings. The maximum absolute atomic E-state index is 12.8. The van der Waals surface area contributed by atoms with E-state index in [-0.39, 0.29) is 18.0 Å². The first-order valence-electron chi connectivity index (χ1n) is 7.30. The van der Waals surface area contributed by atoms with Crippen molar-refractivity contribution in [2.45, 2.75) is 25.4 Å². The Morgan fingerprint density at radius 1 is 1.38 bits per heavy atom. The molecule has 0 spiro atoms. The number of nitrogens with zero attached hydrogens (tertiary/aromatic N) is 1. The van der Waals surface area contributed by atoms with Gasteiger partial charge in [-0.3, -0.25) is 4.79 Å². The molecule has 0 radical (unpaired) electrons. The Balaban J connectivity index is 2.05. The zero-order valence-corrected chi connectivity index (χ0v) is 13.0. The van der Waals surface area contributed by atoms with E-state index in [0.717, 1.165) is 12.1 Å². The number of anilines is 1. The topological polar surface area (TPSA) is 50.8 Å². The second-order valence-corrected chi connectivity index (χ2v) is 5.39. The van der Waals surface area contributed by atoms with Gasteiger partial charge in [0.25, 0.3) is 0 Å². The van der Waals surface area contributed by atoms with Crippen molar-refractivity contribution in [1.29, 1.82) is 0 Å². The number of amides is 1. The van der Waals surface area contributed by atoms with Gasteiger partial charge in [0.2, 0.25) is 5.91 Å². The SMILES string of the molecule is COCCN(C(=O)C1Cc2ccccc2N1)C(C)COC. The van der Waals surface area contributed by atoms with Gasteiger partial charge in [0.1, 0.15) is 6.04 Å². The summed E-state index contributed by atoms with van der Waals surface area (Å²) in [5, 5.41) is 3.32. The van der Waals surface area contributed by atoms with Crippen LogP contribution in [0.25, 0.3) is 0 Å². The van der Waals surface area contributed by atoms with E-state index in [1.54, 1.807) is 14.2 Å². The quantitative estimate of drug-likeness (QED) is 0.828. The molecule has 2 unspecified atom stereocenters. The lowest BCUT2D eigenvalue weighted by Crippen LogP contribution is -2.49. The van der Waals surface area contributed by atoms with Crippen molar-refractivity contribution in [2.75, 3.05) is 39.3 Å². The third-order valence-electron chi connectivity index (χ3n) is 3.83. The second kappa shape index (κ2) is 7.43. The van der Waals surface area contributed by atoms with Crippen LogP contribution in [0.15, 0.2) is 24.3 Å². The van der Waals surface area contributed by atoms with Crippen molar-refractivity contribution in [3.05, 3.63) is 29.8 Å². The fraction of sp³-hybridized carbons (Fsp3) is 0.562. The lowest BCUT2D eigenvalue weighted by atomic mass is 10.1. The number of nitrogens with one attached hydrogen (secondary N) is 1. The van der Waals surface area contributed by atoms with Gasteiger partial charge in [-0.15, -0.1) is 0 Å². The molecule has 1 amide bonds. The van der Waals surface area contributed by atoms with Crippen LogP contribution in [0.4, 0.5) is 5.69 Å². The summed E-state index contributed by atoms with van der Waals surface area (Å²) in [6.45, 7) is 3.63. The first-order chi connectivity index (χ1) is 10.2. The van der Waals surface area contributed by atoms with E-state index >= 15 is 0 Å². The summed E-state index contributed by atoms with van der Waals surface area (Å²) in [6.07, 6.45) is 0.734. The molecule has 1 N–H and O–H groups in total. The van der Waals surface area contributed by atoms with Gasteiger partial charge in [-0.1, -0.05) is 18.2 Å². The van der Waals surface area contributed by atoms with E-state index in [9.17, 15) is 4.79 Å². The molecule has 0 aromatic heterocycles. The number of methoxy groups -OCH3 is 2. The number of rotatable bonds is 7. The minimum absolute atomic E-state index is 0.0307. The highest BCUT2D eigenvalue weighted by molar-refractivity contribution is 5.87. The molecule has 2 rings (SSSR count). The van der Waals surface area contributed by atoms with Crippen molar-refractivity contribution in [3.63, 3.8) is 0 Å². The summed E-state index contributed by atoms with van der Waals surface area (Å²) in [5.41, 5.74) is 2.25. The standard InChI is InChI=1S/C16H24N2O3/c1-12(11-21-3)18(8-9-20-2)16(19)15-10-13-6-4-5-7-14(13)17-15/h4-7,12,15,17H,8-11H2,1-3H3. The Hall–Kier alpha value is -1.59. The molecular formula is C16H24N2O3. The number of carbonyl (C=O) groups excluding carboxylic acids is 1. The van der Waals surface area contributed by atoms with Crippen LogP contribution in [-0.2, 0) is 20.7 Å². The van der Waals surface area contributed by atoms with Crippen LogP contribution < -0.4 is 5.32 Å². The fourth-order valence-corrected chi connectivity index (χ4v) is 2.72. The van der Waals surface area contributed by atoms with Crippen molar-refractivity contribution in [2.24, 2.45) is 0 Å². The van der Waals surface area contributed by atoms with E-state index in [1.807, 2.05) is 30.0 Å². The lowest BCUT2D eigenvalue weighted by Gasteiger charge is -2.31. The molecule has 1 heterocycles. The Morgan fingerprint density at radius 3 is 2.81 bits per heavy atom. The third-order valence-corrected chi connectivity index (χ3v) is 3.83. The number of para-hydroxylation sites is 1. The normalized spacial score (nSPS) is 18.0. The Labute approximate surface area is 126 Å². The second-order valence-electron chi connectivity index (χ2n) is 5.39. The van der Waals surface area contributed by atoms with Gasteiger partial charge < -0.3 is 19.7 Å². The molecule has 1 aromatic carbocycles. The van der Waals surface area contributed by atoms with Gasteiger partial charge in [0.15, 0.2) is 0 Å². The minimum Gasteiger partial charge on any atom is -0.383 e. The number of hydrogen-bond acceptors (Lipinski definition) is 4. The number of hydrogen-bond donors (Lipinski definition) is 1. The smallest absolute Gasteiger partial charge is 0.245 e. The maximum Gasteiger partial charge on any atom is 0.245 e. The first-order valence-corrected chi connectivity index (χ1v) is 7.30. The first kappa shape index (κ1) is 15.8. The lowest BCUT2D eigenvalue weighted by molar-refractivity contribution is -0.135. The Morgan fingerprint density at radius 2 is 2.14 bits per heavy atom. The molecule has 0 saturated heterocycles. The van der Waals surface area contributed by atoms with Gasteiger partial charge in [-0.05, 0) is 18.6 Å². The molecule has 1 aliphatic heterocycles. The molecule has 1 aromatic rings. The van der Waals surface area contributed by atoms with E-state index in [1.165, 1.54) is 5.56 Å². The summed E-state index contributed by atoms with van der Waals surface area (Å²) in [7, 11) is 3.30. The van der Waals surface area contributed by atoms with Gasteiger partial charge in [-0.2, -0.15) is 0 Å². The van der Waals surface area contributed by atoms with Crippen molar-refractivity contribution in [1.82, 2.24) is 4.90 Å². The van der Waals surface area contributed by atoms with Crippen LogP contribution in [0.5, 0.6) is 0 Å². The largest absolute Gasteiger partial charge is 0.383 e. The van der Waals surface area contributed by atoms with E-state index in [4.69, 9.17) is 9.47 Å². The number of benzene rings is 1. The summed E-state index contributed by atoms with van der Waals surface area (Å²) in [6, 6.07) is 7.90. The summed E-state index contributed by atoms with van der Waals surface area (Å²) in [4.78, 5) is 14.6. The average Bonchev–Trinajstić information content (AvgIpc) is 2.91. The van der Waals surface area contributed by atoms with Crippen LogP contribution in [0.3, 0.4) is 0 Å². The molecule has 5 nitrogen and oxygen atoms in total. The number of fused-ring (bicyclic) bond motifs is 1. The predicted octanol–water partition coefficient (Wildman–Crippen LogP) is 1.53. The summed E-state index contributed by atoms with van der Waals surface area (Å²) >= 11 is 0. The Bertz CT molecular complexity index is 453. The van der Waals surface area contributed by atoms with Crippen molar-refractivity contribution < 1.29 is 14.3 Å². The predicted molar refractivity (Wildman–Crippen MR) is 82.5 cm³/mol. The molecule has 5 heteroatoms. The molecule has 0 aliphatic carbocycles. The Kier molecular flexibility index (Phi) is 5.59. The third kappa shape index (κ3) is 3.74. The van der Waals surface area contributed by atoms with Crippen molar-refractivity contribution in [3.8, 4) is 0 Å². The van der Waals surface area contributed by atoms with Gasteiger partial charge in [-0.25, -0.2) is 0 Å². The van der Waals surface area contributed by atoms with E-state index in [2.05, 4.69) is 11.4 Å². The molecule has 0 bridgehead atoms. The van der Waals surface area contributed by atoms with Gasteiger partial charge >= 0.3 is 0 Å². The van der Waals surface area contributed by atoms with Crippen LogP contribution in [0.1, 0.15) is 12.5 Å². The zero-order chi connectivity index (χ0) is 15.2. The summed E-state index contributed by atoms with van der Waals surface area (Å²) in [5.74, 6) is 0.104. The summed E-state index contributed by atoms with van der Waals surface area (Å²) < 4.78 is 10.3.